The number of rotatable bonds is 4. The molecule has 0 radical (unpaired) electrons. The summed E-state index contributed by atoms with van der Waals surface area (Å²) in [5.74, 6) is -0.0867. The van der Waals surface area contributed by atoms with E-state index in [9.17, 15) is 14.4 Å². The van der Waals surface area contributed by atoms with E-state index in [-0.39, 0.29) is 21.6 Å². The third-order valence-corrected chi connectivity index (χ3v) is 5.29. The molecule has 0 aromatic heterocycles. The van der Waals surface area contributed by atoms with Gasteiger partial charge >= 0.3 is 5.97 Å². The van der Waals surface area contributed by atoms with Crippen LogP contribution in [0.15, 0.2) is 23.1 Å². The van der Waals surface area contributed by atoms with Crippen LogP contribution < -0.4 is 10.1 Å². The van der Waals surface area contributed by atoms with E-state index in [4.69, 9.17) is 16.3 Å². The lowest BCUT2D eigenvalue weighted by Gasteiger charge is -2.11. The van der Waals surface area contributed by atoms with Gasteiger partial charge in [-0.2, -0.15) is 0 Å². The van der Waals surface area contributed by atoms with Crippen molar-refractivity contribution in [1.82, 2.24) is 5.32 Å². The smallest absolute Gasteiger partial charge is 0.311 e. The van der Waals surface area contributed by atoms with E-state index in [1.165, 1.54) is 18.9 Å². The third-order valence-electron chi connectivity index (χ3n) is 4.08. The summed E-state index contributed by atoms with van der Waals surface area (Å²) >= 11 is 7.10. The number of hydrogen-bond donors (Lipinski definition) is 1. The quantitative estimate of drug-likeness (QED) is 0.493. The Balaban J connectivity index is 1.73. The van der Waals surface area contributed by atoms with Gasteiger partial charge in [0.05, 0.1) is 9.93 Å². The number of carbonyl (C=O) groups excluding carboxylic acids is 3. The van der Waals surface area contributed by atoms with Crippen molar-refractivity contribution >= 4 is 46.6 Å². The minimum absolute atomic E-state index is 0.248. The number of thioether (sulfide) groups is 1. The maximum atomic E-state index is 12.1. The molecule has 2 aliphatic rings. The molecule has 1 heterocycles. The Morgan fingerprint density at radius 2 is 2.08 bits per heavy atom. The topological polar surface area (TPSA) is 72.5 Å². The standard InChI is InChI=1S/C17H16ClNO4S/c18-15-11(9-13-16(21)19-17(22)24-13)6-3-7-12(15)23-14(20)8-10-4-1-2-5-10/h3,6-7,9-10H,1-2,4-5,8H2,(H,19,21,22). The zero-order valence-electron chi connectivity index (χ0n) is 12.8. The normalized spacial score (nSPS) is 19.8. The highest BCUT2D eigenvalue weighted by Crippen LogP contribution is 2.34. The molecular formula is C17H16ClNO4S. The predicted molar refractivity (Wildman–Crippen MR) is 92.8 cm³/mol. The number of esters is 1. The van der Waals surface area contributed by atoms with Crippen LogP contribution in [0.25, 0.3) is 6.08 Å². The van der Waals surface area contributed by atoms with Gasteiger partial charge in [-0.1, -0.05) is 36.6 Å². The van der Waals surface area contributed by atoms with Crippen LogP contribution in [-0.2, 0) is 9.59 Å². The van der Waals surface area contributed by atoms with Crippen LogP contribution >= 0.6 is 23.4 Å². The molecule has 126 valence electrons. The summed E-state index contributed by atoms with van der Waals surface area (Å²) in [7, 11) is 0. The highest BCUT2D eigenvalue weighted by atomic mass is 35.5. The average molecular weight is 366 g/mol. The molecular weight excluding hydrogens is 350 g/mol. The second-order valence-corrected chi connectivity index (χ2v) is 7.23. The van der Waals surface area contributed by atoms with Crippen LogP contribution in [0.1, 0.15) is 37.7 Å². The largest absolute Gasteiger partial charge is 0.425 e. The van der Waals surface area contributed by atoms with Gasteiger partial charge < -0.3 is 4.74 Å². The van der Waals surface area contributed by atoms with Crippen LogP contribution in [-0.4, -0.2) is 17.1 Å². The highest BCUT2D eigenvalue weighted by Gasteiger charge is 2.26. The second kappa shape index (κ2) is 7.40. The van der Waals surface area contributed by atoms with Gasteiger partial charge in [0.1, 0.15) is 5.75 Å². The molecule has 1 aromatic carbocycles. The first-order valence-corrected chi connectivity index (χ1v) is 8.96. The van der Waals surface area contributed by atoms with Gasteiger partial charge in [0.15, 0.2) is 0 Å². The van der Waals surface area contributed by atoms with Crippen molar-refractivity contribution in [3.63, 3.8) is 0 Å². The van der Waals surface area contributed by atoms with Gasteiger partial charge in [0.25, 0.3) is 11.1 Å². The lowest BCUT2D eigenvalue weighted by atomic mass is 10.0. The highest BCUT2D eigenvalue weighted by molar-refractivity contribution is 8.18. The average Bonchev–Trinajstić information content (AvgIpc) is 3.13. The number of carbonyl (C=O) groups is 3. The number of halogens is 1. The van der Waals surface area contributed by atoms with Crippen molar-refractivity contribution in [2.45, 2.75) is 32.1 Å². The molecule has 2 amide bonds. The summed E-state index contributed by atoms with van der Waals surface area (Å²) in [6.07, 6.45) is 6.38. The van der Waals surface area contributed by atoms with E-state index >= 15 is 0 Å². The molecule has 5 nitrogen and oxygen atoms in total. The summed E-state index contributed by atoms with van der Waals surface area (Å²) in [6.45, 7) is 0. The number of ether oxygens (including phenoxy) is 1. The van der Waals surface area contributed by atoms with E-state index in [1.54, 1.807) is 18.2 Å². The zero-order valence-corrected chi connectivity index (χ0v) is 14.4. The molecule has 0 atom stereocenters. The van der Waals surface area contributed by atoms with Crippen molar-refractivity contribution in [3.8, 4) is 5.75 Å². The minimum atomic E-state index is -0.454. The number of nitrogens with one attached hydrogen (secondary N) is 1. The van der Waals surface area contributed by atoms with Crippen LogP contribution in [0.2, 0.25) is 5.02 Å². The fourth-order valence-corrected chi connectivity index (χ4v) is 3.79. The summed E-state index contributed by atoms with van der Waals surface area (Å²) in [6, 6.07) is 5.00. The zero-order chi connectivity index (χ0) is 17.1. The SMILES string of the molecule is O=C(CC1CCCC1)Oc1cccc(C=C2SC(=O)NC2=O)c1Cl. The Labute approximate surface area is 148 Å². The molecule has 1 aromatic rings. The Morgan fingerprint density at radius 1 is 1.33 bits per heavy atom. The Kier molecular flexibility index (Phi) is 5.26. The van der Waals surface area contributed by atoms with E-state index in [0.717, 1.165) is 24.6 Å². The van der Waals surface area contributed by atoms with E-state index < -0.39 is 11.1 Å². The summed E-state index contributed by atoms with van der Waals surface area (Å²) in [5.41, 5.74) is 0.523. The van der Waals surface area contributed by atoms with Gasteiger partial charge in [-0.05, 0) is 48.2 Å². The van der Waals surface area contributed by atoms with Gasteiger partial charge in [0, 0.05) is 6.42 Å². The predicted octanol–water partition coefficient (Wildman–Crippen LogP) is 4.15. The molecule has 0 bridgehead atoms. The van der Waals surface area contributed by atoms with Crippen LogP contribution in [0.5, 0.6) is 5.75 Å². The van der Waals surface area contributed by atoms with Crippen molar-refractivity contribution in [2.75, 3.05) is 0 Å². The fraction of sp³-hybridized carbons (Fsp3) is 0.353. The molecule has 1 saturated carbocycles. The molecule has 1 saturated heterocycles. The molecule has 7 heteroatoms. The van der Waals surface area contributed by atoms with Crippen LogP contribution in [0.4, 0.5) is 4.79 Å². The van der Waals surface area contributed by atoms with Gasteiger partial charge in [-0.15, -0.1) is 0 Å². The van der Waals surface area contributed by atoms with Gasteiger partial charge in [-0.3, -0.25) is 19.7 Å². The minimum Gasteiger partial charge on any atom is -0.425 e. The lowest BCUT2D eigenvalue weighted by molar-refractivity contribution is -0.135. The van der Waals surface area contributed by atoms with Gasteiger partial charge in [0.2, 0.25) is 0 Å². The Hall–Kier alpha value is -1.79. The first-order valence-electron chi connectivity index (χ1n) is 7.77. The maximum absolute atomic E-state index is 12.1. The van der Waals surface area contributed by atoms with Gasteiger partial charge in [-0.25, -0.2) is 0 Å². The van der Waals surface area contributed by atoms with E-state index in [1.807, 2.05) is 0 Å². The first kappa shape index (κ1) is 17.0. The van der Waals surface area contributed by atoms with E-state index in [0.29, 0.717) is 17.9 Å². The summed E-state index contributed by atoms with van der Waals surface area (Å²) in [5, 5.41) is 2.01. The molecule has 1 aliphatic carbocycles. The second-order valence-electron chi connectivity index (χ2n) is 5.84. The molecule has 24 heavy (non-hydrogen) atoms. The summed E-state index contributed by atoms with van der Waals surface area (Å²) < 4.78 is 5.39. The lowest BCUT2D eigenvalue weighted by Crippen LogP contribution is -2.17. The number of hydrogen-bond acceptors (Lipinski definition) is 5. The molecule has 1 aliphatic heterocycles. The monoisotopic (exact) mass is 365 g/mol. The third kappa shape index (κ3) is 3.99. The van der Waals surface area contributed by atoms with E-state index in [2.05, 4.69) is 5.32 Å². The number of benzene rings is 1. The van der Waals surface area contributed by atoms with Crippen molar-refractivity contribution in [3.05, 3.63) is 33.7 Å². The Bertz CT molecular complexity index is 725. The maximum Gasteiger partial charge on any atom is 0.311 e. The summed E-state index contributed by atoms with van der Waals surface area (Å²) in [4.78, 5) is 35.1. The van der Waals surface area contributed by atoms with Crippen molar-refractivity contribution in [2.24, 2.45) is 5.92 Å². The number of amides is 2. The molecule has 0 unspecified atom stereocenters. The molecule has 1 N–H and O–H groups in total. The first-order chi connectivity index (χ1) is 11.5. The Morgan fingerprint density at radius 3 is 2.75 bits per heavy atom. The fourth-order valence-electron chi connectivity index (χ4n) is 2.89. The van der Waals surface area contributed by atoms with Crippen LogP contribution in [0.3, 0.4) is 0 Å². The van der Waals surface area contributed by atoms with Crippen LogP contribution in [0, 0.1) is 5.92 Å². The van der Waals surface area contributed by atoms with Crippen molar-refractivity contribution in [1.29, 1.82) is 0 Å². The van der Waals surface area contributed by atoms with Crippen molar-refractivity contribution < 1.29 is 19.1 Å². The molecule has 0 spiro atoms. The molecule has 2 fully saturated rings. The molecule has 3 rings (SSSR count). The number of imide groups is 1.